The van der Waals surface area contributed by atoms with E-state index in [0.29, 0.717) is 12.8 Å². The molecular formula is C46H87NO4. The molecule has 0 aromatic rings. The Morgan fingerprint density at radius 2 is 0.804 bits per heavy atom. The fourth-order valence-electron chi connectivity index (χ4n) is 6.70. The highest BCUT2D eigenvalue weighted by atomic mass is 16.3. The molecule has 0 bridgehead atoms. The standard InChI is InChI=1S/C46H87NO4/c1-3-5-7-9-11-13-15-17-19-20-21-22-23-24-25-27-28-30-32-34-36-38-40-44(49)46(51)43(42-48)47-45(50)41-39-37-35-33-31-29-26-18-16-14-12-10-8-6-4-2/h14,16,25,27,32,34,43-44,46,48-49,51H,3-13,15,17-24,26,28-31,33,35-42H2,1-2H3,(H,47,50)/b16-14-,27-25+,34-32+. The van der Waals surface area contributed by atoms with Crippen molar-refractivity contribution >= 4 is 5.91 Å². The molecule has 5 heteroatoms. The van der Waals surface area contributed by atoms with Gasteiger partial charge in [0.25, 0.3) is 0 Å². The third kappa shape index (κ3) is 36.7. The zero-order valence-corrected chi connectivity index (χ0v) is 34.0. The van der Waals surface area contributed by atoms with E-state index in [1.54, 1.807) is 0 Å². The lowest BCUT2D eigenvalue weighted by Crippen LogP contribution is -2.50. The number of aliphatic hydroxyl groups excluding tert-OH is 3. The van der Waals surface area contributed by atoms with Crippen molar-refractivity contribution in [2.45, 2.75) is 244 Å². The number of rotatable bonds is 40. The van der Waals surface area contributed by atoms with Crippen LogP contribution in [-0.4, -0.2) is 46.1 Å². The van der Waals surface area contributed by atoms with Gasteiger partial charge in [-0.15, -0.1) is 0 Å². The van der Waals surface area contributed by atoms with Crippen LogP contribution in [0.15, 0.2) is 36.5 Å². The fraction of sp³-hybridized carbons (Fsp3) is 0.848. The predicted octanol–water partition coefficient (Wildman–Crippen LogP) is 12.8. The van der Waals surface area contributed by atoms with E-state index in [1.165, 1.54) is 154 Å². The van der Waals surface area contributed by atoms with Crippen LogP contribution in [0.5, 0.6) is 0 Å². The van der Waals surface area contributed by atoms with Crippen LogP contribution >= 0.6 is 0 Å². The normalized spacial score (nSPS) is 13.9. The van der Waals surface area contributed by atoms with Crippen molar-refractivity contribution in [3.63, 3.8) is 0 Å². The van der Waals surface area contributed by atoms with E-state index < -0.39 is 18.2 Å². The smallest absolute Gasteiger partial charge is 0.220 e. The molecule has 0 aromatic heterocycles. The molecule has 0 radical (unpaired) electrons. The van der Waals surface area contributed by atoms with Crippen LogP contribution in [0, 0.1) is 0 Å². The second-order valence-corrected chi connectivity index (χ2v) is 15.2. The monoisotopic (exact) mass is 718 g/mol. The van der Waals surface area contributed by atoms with Crippen molar-refractivity contribution in [1.82, 2.24) is 5.32 Å². The number of carbonyl (C=O) groups is 1. The summed E-state index contributed by atoms with van der Waals surface area (Å²) in [5.41, 5.74) is 0. The molecule has 300 valence electrons. The van der Waals surface area contributed by atoms with Gasteiger partial charge in [-0.1, -0.05) is 179 Å². The van der Waals surface area contributed by atoms with E-state index in [-0.39, 0.29) is 12.5 Å². The molecule has 0 heterocycles. The van der Waals surface area contributed by atoms with Gasteiger partial charge in [0, 0.05) is 6.42 Å². The Kier molecular flexibility index (Phi) is 40.2. The highest BCUT2D eigenvalue weighted by molar-refractivity contribution is 5.76. The van der Waals surface area contributed by atoms with Crippen molar-refractivity contribution in [3.05, 3.63) is 36.5 Å². The van der Waals surface area contributed by atoms with Crippen LogP contribution < -0.4 is 5.32 Å². The Bertz CT molecular complexity index is 794. The minimum Gasteiger partial charge on any atom is -0.394 e. The Balaban J connectivity index is 3.69. The predicted molar refractivity (Wildman–Crippen MR) is 222 cm³/mol. The van der Waals surface area contributed by atoms with Gasteiger partial charge in [0.2, 0.25) is 5.91 Å². The van der Waals surface area contributed by atoms with Crippen LogP contribution in [0.4, 0.5) is 0 Å². The Labute approximate surface area is 317 Å². The summed E-state index contributed by atoms with van der Waals surface area (Å²) in [5.74, 6) is -0.164. The van der Waals surface area contributed by atoms with Crippen LogP contribution in [0.1, 0.15) is 226 Å². The van der Waals surface area contributed by atoms with Gasteiger partial charge in [-0.2, -0.15) is 0 Å². The summed E-state index contributed by atoms with van der Waals surface area (Å²) in [4.78, 5) is 12.4. The van der Waals surface area contributed by atoms with Gasteiger partial charge in [-0.05, 0) is 77.0 Å². The molecule has 5 nitrogen and oxygen atoms in total. The number of amides is 1. The molecule has 0 aliphatic carbocycles. The highest BCUT2D eigenvalue weighted by Gasteiger charge is 2.26. The molecule has 51 heavy (non-hydrogen) atoms. The fourth-order valence-corrected chi connectivity index (χ4v) is 6.70. The minimum atomic E-state index is -1.17. The van der Waals surface area contributed by atoms with E-state index in [1.807, 2.05) is 0 Å². The van der Waals surface area contributed by atoms with E-state index in [0.717, 1.165) is 44.9 Å². The average molecular weight is 718 g/mol. The SMILES string of the molecule is CCCCCC/C=C\CCCCCCCCCC(=O)NC(CO)C(O)C(O)CCC/C=C/CC/C=C/CCCCCCCCCCCCCCC. The lowest BCUT2D eigenvalue weighted by molar-refractivity contribution is -0.124. The highest BCUT2D eigenvalue weighted by Crippen LogP contribution is 2.15. The summed E-state index contributed by atoms with van der Waals surface area (Å²) in [6.45, 7) is 4.15. The Morgan fingerprint density at radius 3 is 1.22 bits per heavy atom. The first-order chi connectivity index (χ1) is 25.1. The van der Waals surface area contributed by atoms with Gasteiger partial charge in [0.1, 0.15) is 6.10 Å². The molecule has 0 aromatic carbocycles. The molecular weight excluding hydrogens is 631 g/mol. The molecule has 0 aliphatic rings. The molecule has 0 saturated carbocycles. The third-order valence-corrected chi connectivity index (χ3v) is 10.2. The van der Waals surface area contributed by atoms with Gasteiger partial charge in [-0.25, -0.2) is 0 Å². The van der Waals surface area contributed by atoms with Crippen molar-refractivity contribution in [2.75, 3.05) is 6.61 Å². The number of carbonyl (C=O) groups excluding carboxylic acids is 1. The maximum Gasteiger partial charge on any atom is 0.220 e. The van der Waals surface area contributed by atoms with Crippen molar-refractivity contribution in [2.24, 2.45) is 0 Å². The maximum absolute atomic E-state index is 12.4. The van der Waals surface area contributed by atoms with Crippen LogP contribution in [-0.2, 0) is 4.79 Å². The maximum atomic E-state index is 12.4. The first kappa shape index (κ1) is 49.6. The lowest BCUT2D eigenvalue weighted by atomic mass is 10.0. The Hall–Kier alpha value is -1.43. The molecule has 0 fully saturated rings. The zero-order valence-electron chi connectivity index (χ0n) is 34.0. The van der Waals surface area contributed by atoms with Gasteiger partial charge < -0.3 is 20.6 Å². The molecule has 0 spiro atoms. The molecule has 0 aliphatic heterocycles. The van der Waals surface area contributed by atoms with Gasteiger partial charge in [0.15, 0.2) is 0 Å². The summed E-state index contributed by atoms with van der Waals surface area (Å²) in [5, 5.41) is 33.5. The van der Waals surface area contributed by atoms with Crippen molar-refractivity contribution in [1.29, 1.82) is 0 Å². The molecule has 0 saturated heterocycles. The van der Waals surface area contributed by atoms with E-state index >= 15 is 0 Å². The summed E-state index contributed by atoms with van der Waals surface area (Å²) in [6.07, 6.45) is 51.1. The lowest BCUT2D eigenvalue weighted by Gasteiger charge is -2.26. The number of aliphatic hydroxyl groups is 3. The van der Waals surface area contributed by atoms with Gasteiger partial charge >= 0.3 is 0 Å². The van der Waals surface area contributed by atoms with Crippen LogP contribution in [0.25, 0.3) is 0 Å². The minimum absolute atomic E-state index is 0.164. The van der Waals surface area contributed by atoms with E-state index in [9.17, 15) is 20.1 Å². The van der Waals surface area contributed by atoms with Gasteiger partial charge in [-0.3, -0.25) is 4.79 Å². The number of allylic oxidation sites excluding steroid dienone is 6. The van der Waals surface area contributed by atoms with Crippen LogP contribution in [0.3, 0.4) is 0 Å². The van der Waals surface area contributed by atoms with E-state index in [2.05, 4.69) is 55.6 Å². The first-order valence-electron chi connectivity index (χ1n) is 22.3. The topological polar surface area (TPSA) is 89.8 Å². The first-order valence-corrected chi connectivity index (χ1v) is 22.3. The number of hydrogen-bond donors (Lipinski definition) is 4. The quantitative estimate of drug-likeness (QED) is 0.0375. The number of hydrogen-bond acceptors (Lipinski definition) is 4. The van der Waals surface area contributed by atoms with Gasteiger partial charge in [0.05, 0.1) is 18.8 Å². The van der Waals surface area contributed by atoms with Crippen molar-refractivity contribution in [3.8, 4) is 0 Å². The largest absolute Gasteiger partial charge is 0.394 e. The summed E-state index contributed by atoms with van der Waals surface area (Å²) in [6, 6.07) is -0.833. The molecule has 1 amide bonds. The summed E-state index contributed by atoms with van der Waals surface area (Å²) in [7, 11) is 0. The molecule has 0 rings (SSSR count). The zero-order chi connectivity index (χ0) is 37.3. The second-order valence-electron chi connectivity index (χ2n) is 15.2. The van der Waals surface area contributed by atoms with Crippen LogP contribution in [0.2, 0.25) is 0 Å². The molecule has 3 unspecified atom stereocenters. The average Bonchev–Trinajstić information content (AvgIpc) is 3.13. The van der Waals surface area contributed by atoms with Crippen molar-refractivity contribution < 1.29 is 20.1 Å². The molecule has 3 atom stereocenters. The number of unbranched alkanes of at least 4 members (excludes halogenated alkanes) is 26. The summed E-state index contributed by atoms with van der Waals surface area (Å²) >= 11 is 0. The van der Waals surface area contributed by atoms with E-state index in [4.69, 9.17) is 0 Å². The number of nitrogens with one attached hydrogen (secondary N) is 1. The Morgan fingerprint density at radius 1 is 0.471 bits per heavy atom. The molecule has 4 N–H and O–H groups in total. The summed E-state index contributed by atoms with van der Waals surface area (Å²) < 4.78 is 0. The third-order valence-electron chi connectivity index (χ3n) is 10.2. The second kappa shape index (κ2) is 41.3.